The molecule has 0 saturated heterocycles. The Bertz CT molecular complexity index is 1660. The molecule has 0 fully saturated rings. The summed E-state index contributed by atoms with van der Waals surface area (Å²) in [5, 5.41) is 10.6. The molecule has 5 rings (SSSR count). The number of fused-ring (bicyclic) bond motifs is 1. The van der Waals surface area contributed by atoms with Gasteiger partial charge in [-0.15, -0.1) is 4.80 Å². The predicted molar refractivity (Wildman–Crippen MR) is 122 cm³/mol. The summed E-state index contributed by atoms with van der Waals surface area (Å²) in [6.07, 6.45) is 0.0410. The topological polar surface area (TPSA) is 106 Å². The molecular weight excluding hydrogens is 480 g/mol. The van der Waals surface area contributed by atoms with Crippen molar-refractivity contribution in [3.63, 3.8) is 0 Å². The minimum Gasteiger partial charge on any atom is -0.329 e. The van der Waals surface area contributed by atoms with Crippen molar-refractivity contribution in [2.24, 2.45) is 0 Å². The number of rotatable bonds is 4. The number of aromatic nitrogens is 5. The number of amides is 1. The number of alkyl halides is 3. The summed E-state index contributed by atoms with van der Waals surface area (Å²) in [6.45, 7) is 0. The Balaban J connectivity index is 1.46. The second-order valence-electron chi connectivity index (χ2n) is 7.63. The first kappa shape index (κ1) is 22.9. The Labute approximate surface area is 199 Å². The van der Waals surface area contributed by atoms with Crippen LogP contribution in [0, 0.1) is 5.82 Å². The van der Waals surface area contributed by atoms with Crippen LogP contribution in [0.15, 0.2) is 78.1 Å². The van der Waals surface area contributed by atoms with Crippen molar-refractivity contribution in [2.75, 3.05) is 5.32 Å². The molecule has 0 saturated carbocycles. The molecule has 0 bridgehead atoms. The number of halogens is 4. The lowest BCUT2D eigenvalue weighted by Gasteiger charge is -2.14. The number of hydrogen-bond donors (Lipinski definition) is 2. The quantitative estimate of drug-likeness (QED) is 0.356. The van der Waals surface area contributed by atoms with Gasteiger partial charge in [-0.05, 0) is 46.8 Å². The maximum atomic E-state index is 14.9. The van der Waals surface area contributed by atoms with E-state index >= 15 is 0 Å². The second kappa shape index (κ2) is 8.73. The molecular formula is C24H14F4N6O2. The van der Waals surface area contributed by atoms with Crippen molar-refractivity contribution >= 4 is 22.4 Å². The maximum absolute atomic E-state index is 14.9. The highest BCUT2D eigenvalue weighted by atomic mass is 19.4. The van der Waals surface area contributed by atoms with Gasteiger partial charge in [0.25, 0.3) is 11.5 Å². The van der Waals surface area contributed by atoms with E-state index in [-0.39, 0.29) is 16.8 Å². The molecule has 3 aromatic heterocycles. The van der Waals surface area contributed by atoms with Gasteiger partial charge >= 0.3 is 6.18 Å². The van der Waals surface area contributed by atoms with E-state index < -0.39 is 29.3 Å². The highest BCUT2D eigenvalue weighted by Crippen LogP contribution is 2.34. The van der Waals surface area contributed by atoms with Crippen molar-refractivity contribution in [1.82, 2.24) is 25.0 Å². The molecule has 0 radical (unpaired) electrons. The third-order valence-corrected chi connectivity index (χ3v) is 5.38. The third kappa shape index (κ3) is 4.19. The molecule has 5 aromatic rings. The lowest BCUT2D eigenvalue weighted by molar-refractivity contribution is -0.137. The normalized spacial score (nSPS) is 11.6. The summed E-state index contributed by atoms with van der Waals surface area (Å²) < 4.78 is 55.7. The summed E-state index contributed by atoms with van der Waals surface area (Å²) in [6, 6.07) is 11.2. The molecule has 2 aromatic carbocycles. The SMILES string of the molecule is O=C(Nc1cnc(-n2nccn2)c(C(F)(F)F)c1)c1ccc(-c2cccc3c(=O)[nH]ccc23)cc1F. The van der Waals surface area contributed by atoms with E-state index in [1.807, 2.05) is 0 Å². The fourth-order valence-electron chi connectivity index (χ4n) is 3.76. The van der Waals surface area contributed by atoms with Crippen LogP contribution >= 0.6 is 0 Å². The van der Waals surface area contributed by atoms with E-state index in [1.165, 1.54) is 30.7 Å². The zero-order valence-corrected chi connectivity index (χ0v) is 18.0. The van der Waals surface area contributed by atoms with Crippen molar-refractivity contribution in [1.29, 1.82) is 0 Å². The monoisotopic (exact) mass is 494 g/mol. The van der Waals surface area contributed by atoms with Gasteiger partial charge in [0.15, 0.2) is 5.82 Å². The van der Waals surface area contributed by atoms with Crippen molar-refractivity contribution in [3.05, 3.63) is 101 Å². The number of carbonyl (C=O) groups excluding carboxylic acids is 1. The Morgan fingerprint density at radius 1 is 1.00 bits per heavy atom. The van der Waals surface area contributed by atoms with E-state index in [2.05, 4.69) is 25.5 Å². The minimum absolute atomic E-state index is 0.292. The number of benzene rings is 2. The molecule has 36 heavy (non-hydrogen) atoms. The van der Waals surface area contributed by atoms with E-state index in [0.29, 0.717) is 32.8 Å². The Morgan fingerprint density at radius 2 is 1.78 bits per heavy atom. The van der Waals surface area contributed by atoms with Gasteiger partial charge in [-0.25, -0.2) is 9.37 Å². The van der Waals surface area contributed by atoms with Crippen LogP contribution < -0.4 is 10.9 Å². The average Bonchev–Trinajstić information content (AvgIpc) is 3.38. The summed E-state index contributed by atoms with van der Waals surface area (Å²) in [5.41, 5.74) is -1.17. The van der Waals surface area contributed by atoms with Crippen LogP contribution in [0.25, 0.3) is 27.7 Å². The Morgan fingerprint density at radius 3 is 2.50 bits per heavy atom. The van der Waals surface area contributed by atoms with Crippen LogP contribution in [0.1, 0.15) is 15.9 Å². The van der Waals surface area contributed by atoms with Crippen LogP contribution in [0.3, 0.4) is 0 Å². The zero-order valence-electron chi connectivity index (χ0n) is 18.0. The van der Waals surface area contributed by atoms with Gasteiger partial charge in [-0.1, -0.05) is 18.2 Å². The molecule has 0 unspecified atom stereocenters. The first-order chi connectivity index (χ1) is 17.2. The van der Waals surface area contributed by atoms with Crippen LogP contribution in [0.5, 0.6) is 0 Å². The van der Waals surface area contributed by atoms with Crippen molar-refractivity contribution in [2.45, 2.75) is 6.18 Å². The van der Waals surface area contributed by atoms with Crippen LogP contribution in [-0.4, -0.2) is 30.9 Å². The molecule has 0 spiro atoms. The lowest BCUT2D eigenvalue weighted by Crippen LogP contribution is -2.18. The number of carbonyl (C=O) groups is 1. The van der Waals surface area contributed by atoms with Crippen molar-refractivity contribution in [3.8, 4) is 16.9 Å². The van der Waals surface area contributed by atoms with E-state index in [0.717, 1.165) is 12.3 Å². The molecule has 180 valence electrons. The van der Waals surface area contributed by atoms with Gasteiger partial charge < -0.3 is 10.3 Å². The number of H-pyrrole nitrogens is 1. The highest BCUT2D eigenvalue weighted by molar-refractivity contribution is 6.05. The predicted octanol–water partition coefficient (Wildman–Crippen LogP) is 4.58. The summed E-state index contributed by atoms with van der Waals surface area (Å²) in [7, 11) is 0. The highest BCUT2D eigenvalue weighted by Gasteiger charge is 2.36. The zero-order chi connectivity index (χ0) is 25.4. The first-order valence-corrected chi connectivity index (χ1v) is 10.4. The summed E-state index contributed by atoms with van der Waals surface area (Å²) in [4.78, 5) is 31.7. The molecule has 0 aliphatic rings. The van der Waals surface area contributed by atoms with Gasteiger partial charge in [0.05, 0.1) is 29.8 Å². The minimum atomic E-state index is -4.82. The molecule has 0 aliphatic carbocycles. The number of aromatic amines is 1. The molecule has 8 nitrogen and oxygen atoms in total. The van der Waals surface area contributed by atoms with Gasteiger partial charge in [-0.3, -0.25) is 9.59 Å². The van der Waals surface area contributed by atoms with Crippen LogP contribution in [0.4, 0.5) is 23.2 Å². The fourth-order valence-corrected chi connectivity index (χ4v) is 3.76. The van der Waals surface area contributed by atoms with Gasteiger partial charge in [0.1, 0.15) is 11.4 Å². The molecule has 3 heterocycles. The first-order valence-electron chi connectivity index (χ1n) is 10.4. The molecule has 12 heteroatoms. The number of pyridine rings is 2. The lowest BCUT2D eigenvalue weighted by atomic mass is 9.98. The smallest absolute Gasteiger partial charge is 0.329 e. The Hall–Kier alpha value is -4.87. The maximum Gasteiger partial charge on any atom is 0.420 e. The number of anilines is 1. The van der Waals surface area contributed by atoms with Crippen LogP contribution in [0.2, 0.25) is 0 Å². The second-order valence-corrected chi connectivity index (χ2v) is 7.63. The standard InChI is InChI=1S/C24H14F4N6O2/c25-20-10-13(15-2-1-3-17-16(15)6-7-29-22(17)35)4-5-18(20)23(36)33-14-11-19(24(26,27)28)21(30-12-14)34-31-8-9-32-34/h1-12H,(H,29,35)(H,33,36). The molecule has 0 aliphatic heterocycles. The van der Waals surface area contributed by atoms with Crippen molar-refractivity contribution < 1.29 is 22.4 Å². The fraction of sp³-hybridized carbons (Fsp3) is 0.0417. The molecule has 0 atom stereocenters. The number of nitrogens with zero attached hydrogens (tertiary/aromatic N) is 4. The van der Waals surface area contributed by atoms with Crippen LogP contribution in [-0.2, 0) is 6.18 Å². The number of hydrogen-bond acceptors (Lipinski definition) is 5. The molecule has 2 N–H and O–H groups in total. The van der Waals surface area contributed by atoms with Gasteiger partial charge in [0.2, 0.25) is 0 Å². The van der Waals surface area contributed by atoms with Gasteiger partial charge in [0, 0.05) is 11.6 Å². The van der Waals surface area contributed by atoms with E-state index in [9.17, 15) is 27.2 Å². The summed E-state index contributed by atoms with van der Waals surface area (Å²) >= 11 is 0. The molecule has 1 amide bonds. The largest absolute Gasteiger partial charge is 0.420 e. The Kier molecular flexibility index (Phi) is 5.55. The average molecular weight is 494 g/mol. The number of nitrogens with one attached hydrogen (secondary N) is 2. The van der Waals surface area contributed by atoms with E-state index in [1.54, 1.807) is 24.3 Å². The van der Waals surface area contributed by atoms with Gasteiger partial charge in [-0.2, -0.15) is 23.4 Å². The third-order valence-electron chi connectivity index (χ3n) is 5.38. The van der Waals surface area contributed by atoms with E-state index in [4.69, 9.17) is 0 Å². The summed E-state index contributed by atoms with van der Waals surface area (Å²) in [5.74, 6) is -2.43.